The van der Waals surface area contributed by atoms with Crippen LogP contribution < -0.4 is 5.73 Å². The van der Waals surface area contributed by atoms with Gasteiger partial charge in [-0.3, -0.25) is 4.90 Å². The molecule has 2 rings (SSSR count). The Hall–Kier alpha value is -0.230. The number of nitrogens with zero attached hydrogens (tertiary/aromatic N) is 1. The predicted octanol–water partition coefficient (Wildman–Crippen LogP) is 2.10. The number of hydrogen-bond acceptors (Lipinski definition) is 4. The maximum absolute atomic E-state index is 6.13. The van der Waals surface area contributed by atoms with E-state index in [1.807, 2.05) is 0 Å². The minimum absolute atomic E-state index is 0.164. The van der Waals surface area contributed by atoms with Crippen LogP contribution in [0.1, 0.15) is 44.9 Å². The number of rotatable bonds is 7. The van der Waals surface area contributed by atoms with Gasteiger partial charge in [0.05, 0.1) is 17.2 Å². The molecule has 0 aromatic heterocycles. The van der Waals surface area contributed by atoms with Crippen molar-refractivity contribution in [3.63, 3.8) is 0 Å². The van der Waals surface area contributed by atoms with Gasteiger partial charge in [0.25, 0.3) is 0 Å². The molecule has 1 saturated carbocycles. The Bertz CT molecular complexity index is 319. The van der Waals surface area contributed by atoms with Crippen molar-refractivity contribution in [2.75, 3.05) is 33.4 Å². The summed E-state index contributed by atoms with van der Waals surface area (Å²) in [5, 5.41) is 0. The van der Waals surface area contributed by atoms with Gasteiger partial charge < -0.3 is 15.2 Å². The van der Waals surface area contributed by atoms with E-state index in [2.05, 4.69) is 4.90 Å². The van der Waals surface area contributed by atoms with E-state index < -0.39 is 0 Å². The lowest BCUT2D eigenvalue weighted by Crippen LogP contribution is -2.49. The summed E-state index contributed by atoms with van der Waals surface area (Å²) in [5.41, 5.74) is 5.83. The molecule has 2 fully saturated rings. The Balaban J connectivity index is 1.93. The summed E-state index contributed by atoms with van der Waals surface area (Å²) >= 11 is 5.02. The SMILES string of the molecule is COCCN(CCC(N)=S)C1CCOC2(CCCC2)C1. The molecule has 2 aliphatic rings. The van der Waals surface area contributed by atoms with E-state index in [9.17, 15) is 0 Å². The average molecular weight is 300 g/mol. The molecule has 20 heavy (non-hydrogen) atoms. The van der Waals surface area contributed by atoms with Gasteiger partial charge in [-0.2, -0.15) is 0 Å². The minimum Gasteiger partial charge on any atom is -0.393 e. The van der Waals surface area contributed by atoms with E-state index in [1.165, 1.54) is 25.7 Å². The largest absolute Gasteiger partial charge is 0.393 e. The van der Waals surface area contributed by atoms with Crippen molar-refractivity contribution in [3.8, 4) is 0 Å². The Morgan fingerprint density at radius 2 is 2.15 bits per heavy atom. The Morgan fingerprint density at radius 3 is 2.80 bits per heavy atom. The molecule has 1 heterocycles. The minimum atomic E-state index is 0.164. The van der Waals surface area contributed by atoms with Crippen molar-refractivity contribution in [1.82, 2.24) is 4.90 Å². The molecular formula is C15H28N2O2S. The highest BCUT2D eigenvalue weighted by molar-refractivity contribution is 7.80. The van der Waals surface area contributed by atoms with Crippen LogP contribution in [0, 0.1) is 0 Å². The fourth-order valence-corrected chi connectivity index (χ4v) is 3.71. The lowest BCUT2D eigenvalue weighted by atomic mass is 9.88. The quantitative estimate of drug-likeness (QED) is 0.730. The van der Waals surface area contributed by atoms with Gasteiger partial charge in [-0.1, -0.05) is 25.1 Å². The zero-order chi connectivity index (χ0) is 14.4. The molecule has 0 radical (unpaired) electrons. The normalized spacial score (nSPS) is 25.4. The molecule has 1 aliphatic heterocycles. The maximum atomic E-state index is 6.13. The van der Waals surface area contributed by atoms with Crippen molar-refractivity contribution in [2.45, 2.75) is 56.6 Å². The summed E-state index contributed by atoms with van der Waals surface area (Å²) in [7, 11) is 1.76. The average Bonchev–Trinajstić information content (AvgIpc) is 2.86. The molecule has 2 N–H and O–H groups in total. The van der Waals surface area contributed by atoms with Crippen LogP contribution in [-0.2, 0) is 9.47 Å². The van der Waals surface area contributed by atoms with E-state index >= 15 is 0 Å². The second-order valence-corrected chi connectivity index (χ2v) is 6.65. The van der Waals surface area contributed by atoms with Gasteiger partial charge >= 0.3 is 0 Å². The van der Waals surface area contributed by atoms with Crippen molar-refractivity contribution < 1.29 is 9.47 Å². The molecule has 0 amide bonds. The molecule has 4 nitrogen and oxygen atoms in total. The highest BCUT2D eigenvalue weighted by Gasteiger charge is 2.41. The molecule has 0 aromatic carbocycles. The predicted molar refractivity (Wildman–Crippen MR) is 85.0 cm³/mol. The molecule has 1 unspecified atom stereocenters. The van der Waals surface area contributed by atoms with Gasteiger partial charge in [-0.05, 0) is 25.7 Å². The van der Waals surface area contributed by atoms with Crippen LogP contribution in [0.3, 0.4) is 0 Å². The first-order valence-corrected chi connectivity index (χ1v) is 8.21. The van der Waals surface area contributed by atoms with Crippen LogP contribution in [0.5, 0.6) is 0 Å². The Kier molecular flexibility index (Phi) is 6.20. The summed E-state index contributed by atoms with van der Waals surface area (Å²) in [6, 6.07) is 0.589. The standard InChI is InChI=1S/C15H28N2O2S/c1-18-11-9-17(8-4-14(16)20)13-5-10-19-15(12-13)6-2-3-7-15/h13H,2-12H2,1H3,(H2,16,20). The molecule has 0 bridgehead atoms. The first kappa shape index (κ1) is 16.1. The van der Waals surface area contributed by atoms with E-state index in [0.29, 0.717) is 11.0 Å². The van der Waals surface area contributed by atoms with Crippen LogP contribution in [0.2, 0.25) is 0 Å². The van der Waals surface area contributed by atoms with E-state index in [0.717, 1.165) is 45.6 Å². The number of hydrogen-bond donors (Lipinski definition) is 1. The maximum Gasteiger partial charge on any atom is 0.0740 e. The fourth-order valence-electron chi connectivity index (χ4n) is 3.62. The first-order chi connectivity index (χ1) is 9.65. The number of ether oxygens (including phenoxy) is 2. The number of nitrogens with two attached hydrogens (primary N) is 1. The molecule has 1 spiro atoms. The van der Waals surface area contributed by atoms with Gasteiger partial charge in [-0.25, -0.2) is 0 Å². The zero-order valence-corrected chi connectivity index (χ0v) is 13.4. The van der Waals surface area contributed by atoms with Crippen LogP contribution in [0.15, 0.2) is 0 Å². The van der Waals surface area contributed by atoms with Crippen LogP contribution in [-0.4, -0.2) is 54.9 Å². The lowest BCUT2D eigenvalue weighted by molar-refractivity contribution is -0.103. The topological polar surface area (TPSA) is 47.7 Å². The molecule has 116 valence electrons. The second kappa shape index (κ2) is 7.69. The lowest BCUT2D eigenvalue weighted by Gasteiger charge is -2.43. The molecule has 0 aromatic rings. The molecule has 5 heteroatoms. The van der Waals surface area contributed by atoms with Gasteiger partial charge in [-0.15, -0.1) is 0 Å². The fraction of sp³-hybridized carbons (Fsp3) is 0.933. The van der Waals surface area contributed by atoms with Gasteiger partial charge in [0, 0.05) is 39.3 Å². The van der Waals surface area contributed by atoms with Crippen LogP contribution in [0.4, 0.5) is 0 Å². The van der Waals surface area contributed by atoms with Crippen molar-refractivity contribution >= 4 is 17.2 Å². The summed E-state index contributed by atoms with van der Waals surface area (Å²) in [6.07, 6.45) is 8.17. The van der Waals surface area contributed by atoms with Crippen molar-refractivity contribution in [2.24, 2.45) is 5.73 Å². The summed E-state index contributed by atoms with van der Waals surface area (Å²) in [6.45, 7) is 3.56. The molecule has 1 saturated heterocycles. The second-order valence-electron chi connectivity index (χ2n) is 6.13. The monoisotopic (exact) mass is 300 g/mol. The first-order valence-electron chi connectivity index (χ1n) is 7.80. The molecule has 1 aliphatic carbocycles. The van der Waals surface area contributed by atoms with E-state index in [-0.39, 0.29) is 5.60 Å². The zero-order valence-electron chi connectivity index (χ0n) is 12.6. The number of methoxy groups -OCH3 is 1. The highest BCUT2D eigenvalue weighted by Crippen LogP contribution is 2.41. The molecule has 1 atom stereocenters. The van der Waals surface area contributed by atoms with Gasteiger partial charge in [0.2, 0.25) is 0 Å². The molecular weight excluding hydrogens is 272 g/mol. The van der Waals surface area contributed by atoms with Gasteiger partial charge in [0.1, 0.15) is 0 Å². The van der Waals surface area contributed by atoms with E-state index in [4.69, 9.17) is 27.4 Å². The van der Waals surface area contributed by atoms with Crippen molar-refractivity contribution in [1.29, 1.82) is 0 Å². The summed E-state index contributed by atoms with van der Waals surface area (Å²) in [5.74, 6) is 0. The van der Waals surface area contributed by atoms with Crippen LogP contribution in [0.25, 0.3) is 0 Å². The summed E-state index contributed by atoms with van der Waals surface area (Å²) in [4.78, 5) is 3.11. The van der Waals surface area contributed by atoms with Gasteiger partial charge in [0.15, 0.2) is 0 Å². The third-order valence-electron chi connectivity index (χ3n) is 4.73. The highest BCUT2D eigenvalue weighted by atomic mass is 32.1. The van der Waals surface area contributed by atoms with Crippen molar-refractivity contribution in [3.05, 3.63) is 0 Å². The number of thiocarbonyl (C=S) groups is 1. The third-order valence-corrected chi connectivity index (χ3v) is 4.93. The third kappa shape index (κ3) is 4.38. The summed E-state index contributed by atoms with van der Waals surface area (Å²) < 4.78 is 11.4. The Labute approximate surface area is 128 Å². The van der Waals surface area contributed by atoms with E-state index in [1.54, 1.807) is 7.11 Å². The van der Waals surface area contributed by atoms with Crippen LogP contribution >= 0.6 is 12.2 Å². The smallest absolute Gasteiger partial charge is 0.0740 e. The Morgan fingerprint density at radius 1 is 1.40 bits per heavy atom.